The van der Waals surface area contributed by atoms with Gasteiger partial charge in [-0.25, -0.2) is 4.79 Å². The molecule has 1 rings (SSSR count). The number of amides is 3. The van der Waals surface area contributed by atoms with Crippen LogP contribution in [0.25, 0.3) is 0 Å². The molecule has 0 spiro atoms. The molecule has 3 N–H and O–H groups in total. The molecule has 1 aromatic rings. The predicted octanol–water partition coefficient (Wildman–Crippen LogP) is 1.52. The Morgan fingerprint density at radius 1 is 1.24 bits per heavy atom. The van der Waals surface area contributed by atoms with Crippen LogP contribution in [-0.2, 0) is 16.0 Å². The molecule has 0 atom stereocenters. The molecule has 0 aliphatic rings. The molecule has 0 fully saturated rings. The zero-order valence-corrected chi connectivity index (χ0v) is 12.6. The third-order valence-electron chi connectivity index (χ3n) is 2.85. The van der Waals surface area contributed by atoms with Crippen molar-refractivity contribution < 1.29 is 14.3 Å². The van der Waals surface area contributed by atoms with E-state index in [1.54, 1.807) is 13.1 Å². The van der Waals surface area contributed by atoms with Gasteiger partial charge in [0.05, 0.1) is 6.42 Å². The van der Waals surface area contributed by atoms with Crippen LogP contribution >= 0.6 is 0 Å². The van der Waals surface area contributed by atoms with Crippen LogP contribution in [0.3, 0.4) is 0 Å². The minimum atomic E-state index is -0.282. The molecule has 0 radical (unpaired) electrons. The van der Waals surface area contributed by atoms with Gasteiger partial charge in [-0.15, -0.1) is 0 Å². The SMILES string of the molecule is CCOCCCNC(=O)Nc1ccccc1CC(=O)NC. The summed E-state index contributed by atoms with van der Waals surface area (Å²) in [5.41, 5.74) is 1.42. The van der Waals surface area contributed by atoms with Crippen LogP contribution in [0.4, 0.5) is 10.5 Å². The van der Waals surface area contributed by atoms with Crippen molar-refractivity contribution in [2.45, 2.75) is 19.8 Å². The molecule has 21 heavy (non-hydrogen) atoms. The molecule has 6 nitrogen and oxygen atoms in total. The van der Waals surface area contributed by atoms with E-state index in [2.05, 4.69) is 16.0 Å². The number of nitrogens with one attached hydrogen (secondary N) is 3. The molecule has 6 heteroatoms. The van der Waals surface area contributed by atoms with Crippen LogP contribution < -0.4 is 16.0 Å². The fourth-order valence-electron chi connectivity index (χ4n) is 1.74. The first-order chi connectivity index (χ1) is 10.2. The lowest BCUT2D eigenvalue weighted by atomic mass is 10.1. The summed E-state index contributed by atoms with van der Waals surface area (Å²) in [6.45, 7) is 3.79. The Bertz CT molecular complexity index is 463. The summed E-state index contributed by atoms with van der Waals surface area (Å²) in [5, 5.41) is 8.08. The van der Waals surface area contributed by atoms with Gasteiger partial charge >= 0.3 is 6.03 Å². The van der Waals surface area contributed by atoms with E-state index in [9.17, 15) is 9.59 Å². The number of para-hydroxylation sites is 1. The number of urea groups is 1. The molecule has 0 heterocycles. The van der Waals surface area contributed by atoms with Crippen molar-refractivity contribution >= 4 is 17.6 Å². The molecule has 0 saturated carbocycles. The summed E-state index contributed by atoms with van der Waals surface area (Å²) in [7, 11) is 1.59. The zero-order valence-electron chi connectivity index (χ0n) is 12.6. The standard InChI is InChI=1S/C15H23N3O3/c1-3-21-10-6-9-17-15(20)18-13-8-5-4-7-12(13)11-14(19)16-2/h4-5,7-8H,3,6,9-11H2,1-2H3,(H,16,19)(H2,17,18,20). The van der Waals surface area contributed by atoms with E-state index in [-0.39, 0.29) is 18.4 Å². The molecule has 1 aromatic carbocycles. The van der Waals surface area contributed by atoms with Gasteiger partial charge in [0.25, 0.3) is 0 Å². The minimum Gasteiger partial charge on any atom is -0.382 e. The lowest BCUT2D eigenvalue weighted by molar-refractivity contribution is -0.119. The van der Waals surface area contributed by atoms with Gasteiger partial charge in [-0.3, -0.25) is 4.79 Å². The first-order valence-electron chi connectivity index (χ1n) is 7.08. The highest BCUT2D eigenvalue weighted by Crippen LogP contribution is 2.15. The van der Waals surface area contributed by atoms with E-state index < -0.39 is 0 Å². The fourth-order valence-corrected chi connectivity index (χ4v) is 1.74. The maximum Gasteiger partial charge on any atom is 0.319 e. The van der Waals surface area contributed by atoms with Gasteiger partial charge < -0.3 is 20.7 Å². The summed E-state index contributed by atoms with van der Waals surface area (Å²) < 4.78 is 5.19. The van der Waals surface area contributed by atoms with Crippen LogP contribution in [0.2, 0.25) is 0 Å². The summed E-state index contributed by atoms with van der Waals surface area (Å²) in [6, 6.07) is 6.97. The Balaban J connectivity index is 2.46. The Labute approximate surface area is 125 Å². The second-order valence-corrected chi connectivity index (χ2v) is 4.44. The first-order valence-corrected chi connectivity index (χ1v) is 7.08. The summed E-state index contributed by atoms with van der Waals surface area (Å²) in [4.78, 5) is 23.2. The van der Waals surface area contributed by atoms with Gasteiger partial charge in [-0.05, 0) is 25.0 Å². The second-order valence-electron chi connectivity index (χ2n) is 4.44. The molecule has 0 saturated heterocycles. The fraction of sp³-hybridized carbons (Fsp3) is 0.467. The van der Waals surface area contributed by atoms with Crippen LogP contribution in [-0.4, -0.2) is 38.7 Å². The lowest BCUT2D eigenvalue weighted by Crippen LogP contribution is -2.30. The number of benzene rings is 1. The number of likely N-dealkylation sites (N-methyl/N-ethyl adjacent to an activating group) is 1. The van der Waals surface area contributed by atoms with Gasteiger partial charge in [0.2, 0.25) is 5.91 Å². The van der Waals surface area contributed by atoms with Crippen molar-refractivity contribution in [2.75, 3.05) is 32.1 Å². The quantitative estimate of drug-likeness (QED) is 0.636. The van der Waals surface area contributed by atoms with Crippen LogP contribution in [0, 0.1) is 0 Å². The van der Waals surface area contributed by atoms with E-state index >= 15 is 0 Å². The largest absolute Gasteiger partial charge is 0.382 e. The average molecular weight is 293 g/mol. The topological polar surface area (TPSA) is 79.5 Å². The molecule has 0 aromatic heterocycles. The third-order valence-corrected chi connectivity index (χ3v) is 2.85. The van der Waals surface area contributed by atoms with Crippen molar-refractivity contribution in [2.24, 2.45) is 0 Å². The molecule has 0 aliphatic carbocycles. The number of anilines is 1. The van der Waals surface area contributed by atoms with Crippen LogP contribution in [0.1, 0.15) is 18.9 Å². The van der Waals surface area contributed by atoms with Crippen molar-refractivity contribution in [3.63, 3.8) is 0 Å². The molecule has 0 unspecified atom stereocenters. The Morgan fingerprint density at radius 3 is 2.71 bits per heavy atom. The second kappa shape index (κ2) is 9.77. The molecule has 0 bridgehead atoms. The number of ether oxygens (including phenoxy) is 1. The maximum absolute atomic E-state index is 11.8. The smallest absolute Gasteiger partial charge is 0.319 e. The minimum absolute atomic E-state index is 0.0960. The van der Waals surface area contributed by atoms with E-state index in [4.69, 9.17) is 4.74 Å². The maximum atomic E-state index is 11.8. The van der Waals surface area contributed by atoms with Crippen molar-refractivity contribution in [1.29, 1.82) is 0 Å². The highest BCUT2D eigenvalue weighted by atomic mass is 16.5. The van der Waals surface area contributed by atoms with Crippen molar-refractivity contribution in [1.82, 2.24) is 10.6 Å². The molecule has 3 amide bonds. The molecule has 116 valence electrons. The van der Waals surface area contributed by atoms with Gasteiger partial charge in [0, 0.05) is 32.5 Å². The Kier molecular flexibility index (Phi) is 7.89. The number of hydrogen-bond acceptors (Lipinski definition) is 3. The molecular formula is C15H23N3O3. The number of carbonyl (C=O) groups excluding carboxylic acids is 2. The number of carbonyl (C=O) groups is 2. The van der Waals surface area contributed by atoms with Crippen LogP contribution in [0.5, 0.6) is 0 Å². The Hall–Kier alpha value is -2.08. The molecular weight excluding hydrogens is 270 g/mol. The highest BCUT2D eigenvalue weighted by Gasteiger charge is 2.08. The highest BCUT2D eigenvalue weighted by molar-refractivity contribution is 5.91. The van der Waals surface area contributed by atoms with Gasteiger partial charge in [0.1, 0.15) is 0 Å². The van der Waals surface area contributed by atoms with E-state index in [1.807, 2.05) is 25.1 Å². The summed E-state index contributed by atoms with van der Waals surface area (Å²) in [6.07, 6.45) is 0.998. The van der Waals surface area contributed by atoms with Crippen molar-refractivity contribution in [3.8, 4) is 0 Å². The van der Waals surface area contributed by atoms with Gasteiger partial charge in [-0.2, -0.15) is 0 Å². The number of hydrogen-bond donors (Lipinski definition) is 3. The molecule has 0 aliphatic heterocycles. The van der Waals surface area contributed by atoms with E-state index in [0.717, 1.165) is 12.0 Å². The normalized spacial score (nSPS) is 10.0. The third kappa shape index (κ3) is 6.76. The zero-order chi connectivity index (χ0) is 15.5. The van der Waals surface area contributed by atoms with Crippen molar-refractivity contribution in [3.05, 3.63) is 29.8 Å². The van der Waals surface area contributed by atoms with Crippen LogP contribution in [0.15, 0.2) is 24.3 Å². The average Bonchev–Trinajstić information content (AvgIpc) is 2.49. The lowest BCUT2D eigenvalue weighted by Gasteiger charge is -2.11. The summed E-state index contributed by atoms with van der Waals surface area (Å²) in [5.74, 6) is -0.0960. The Morgan fingerprint density at radius 2 is 2.00 bits per heavy atom. The first kappa shape index (κ1) is 17.0. The number of rotatable bonds is 8. The van der Waals surface area contributed by atoms with E-state index in [0.29, 0.717) is 25.4 Å². The van der Waals surface area contributed by atoms with Gasteiger partial charge in [0.15, 0.2) is 0 Å². The predicted molar refractivity (Wildman–Crippen MR) is 82.3 cm³/mol. The summed E-state index contributed by atoms with van der Waals surface area (Å²) >= 11 is 0. The van der Waals surface area contributed by atoms with Gasteiger partial charge in [-0.1, -0.05) is 18.2 Å². The van der Waals surface area contributed by atoms with E-state index in [1.165, 1.54) is 0 Å². The monoisotopic (exact) mass is 293 g/mol.